The fourth-order valence-corrected chi connectivity index (χ4v) is 9.54. The van der Waals surface area contributed by atoms with Crippen LogP contribution in [0.3, 0.4) is 0 Å². The van der Waals surface area contributed by atoms with Crippen LogP contribution in [0.25, 0.3) is 0 Å². The molecule has 0 amide bonds. The van der Waals surface area contributed by atoms with Crippen molar-refractivity contribution in [3.8, 4) is 0 Å². The molecule has 4 fully saturated rings. The van der Waals surface area contributed by atoms with Crippen molar-refractivity contribution in [1.82, 2.24) is 9.63 Å². The first kappa shape index (κ1) is 25.9. The lowest BCUT2D eigenvalue weighted by atomic mass is 9.44. The van der Waals surface area contributed by atoms with Gasteiger partial charge in [-0.3, -0.25) is 19.2 Å². The molecule has 6 unspecified atom stereocenters. The molecule has 9 atom stereocenters. The van der Waals surface area contributed by atoms with Gasteiger partial charge in [-0.2, -0.15) is 5.06 Å². The Hall–Kier alpha value is -2.39. The molecule has 0 aromatic carbocycles. The maximum absolute atomic E-state index is 13.6. The summed E-state index contributed by atoms with van der Waals surface area (Å²) >= 11 is 0. The highest BCUT2D eigenvalue weighted by Gasteiger charge is 2.75. The van der Waals surface area contributed by atoms with E-state index in [1.807, 2.05) is 12.1 Å². The van der Waals surface area contributed by atoms with E-state index in [-0.39, 0.29) is 53.3 Å². The number of carbonyl (C=O) groups excluding carboxylic acids is 2. The van der Waals surface area contributed by atoms with Gasteiger partial charge in [0.05, 0.1) is 12.6 Å². The molecule has 2 heterocycles. The Morgan fingerprint density at radius 3 is 2.74 bits per heavy atom. The topological polar surface area (TPSA) is 109 Å². The quantitative estimate of drug-likeness (QED) is 0.624. The first-order valence-corrected chi connectivity index (χ1v) is 13.8. The van der Waals surface area contributed by atoms with Gasteiger partial charge in [-0.25, -0.2) is 0 Å². The molecule has 0 spiro atoms. The maximum atomic E-state index is 13.6. The molecule has 204 valence electrons. The predicted molar refractivity (Wildman–Crippen MR) is 139 cm³/mol. The number of allylic oxidation sites excluding steroid dienone is 4. The average molecular weight is 523 g/mol. The number of aliphatic hydroxyl groups is 2. The van der Waals surface area contributed by atoms with Crippen molar-refractivity contribution in [2.45, 2.75) is 58.3 Å². The van der Waals surface area contributed by atoms with Gasteiger partial charge in [0.2, 0.25) is 0 Å². The van der Waals surface area contributed by atoms with Crippen LogP contribution in [0, 0.1) is 40.4 Å². The summed E-state index contributed by atoms with van der Waals surface area (Å²) in [5.41, 5.74) is -0.776. The third-order valence-electron chi connectivity index (χ3n) is 11.0. The predicted octanol–water partition coefficient (Wildman–Crippen LogP) is 2.18. The average Bonchev–Trinajstić information content (AvgIpc) is 3.34. The van der Waals surface area contributed by atoms with Crippen LogP contribution < -0.4 is 5.56 Å². The molecule has 4 aliphatic carbocycles. The Morgan fingerprint density at radius 2 is 2.00 bits per heavy atom. The van der Waals surface area contributed by atoms with E-state index in [9.17, 15) is 24.6 Å². The van der Waals surface area contributed by atoms with Gasteiger partial charge >= 0.3 is 0 Å². The summed E-state index contributed by atoms with van der Waals surface area (Å²) in [6.07, 6.45) is 8.37. The second-order valence-corrected chi connectivity index (χ2v) is 12.9. The van der Waals surface area contributed by atoms with Crippen LogP contribution in [-0.4, -0.2) is 56.3 Å². The highest BCUT2D eigenvalue weighted by molar-refractivity contribution is 6.01. The van der Waals surface area contributed by atoms with Crippen LogP contribution in [0.5, 0.6) is 0 Å². The van der Waals surface area contributed by atoms with Crippen molar-refractivity contribution in [2.75, 3.05) is 13.2 Å². The van der Waals surface area contributed by atoms with E-state index in [2.05, 4.69) is 20.8 Å². The van der Waals surface area contributed by atoms with Gasteiger partial charge in [-0.15, -0.1) is 0 Å². The molecule has 1 saturated heterocycles. The van der Waals surface area contributed by atoms with Crippen LogP contribution in [0.2, 0.25) is 0 Å². The molecule has 38 heavy (non-hydrogen) atoms. The summed E-state index contributed by atoms with van der Waals surface area (Å²) in [6, 6.07) is 3.59. The summed E-state index contributed by atoms with van der Waals surface area (Å²) in [4.78, 5) is 45.1. The highest BCUT2D eigenvalue weighted by Crippen LogP contribution is 2.71. The molecule has 1 aromatic rings. The summed E-state index contributed by atoms with van der Waals surface area (Å²) in [5, 5.41) is 23.7. The smallest absolute Gasteiger partial charge is 0.254 e. The molecular formula is C30H38N2O6. The molecule has 8 heteroatoms. The molecule has 0 radical (unpaired) electrons. The van der Waals surface area contributed by atoms with Gasteiger partial charge < -0.3 is 14.8 Å². The molecule has 8 nitrogen and oxygen atoms in total. The number of rotatable bonds is 4. The number of aliphatic hydroxyl groups excluding tert-OH is 2. The zero-order valence-electron chi connectivity index (χ0n) is 22.6. The minimum absolute atomic E-state index is 0.00236. The van der Waals surface area contributed by atoms with Crippen molar-refractivity contribution >= 4 is 11.6 Å². The number of pyridine rings is 1. The molecular weight excluding hydrogens is 484 g/mol. The third kappa shape index (κ3) is 3.27. The lowest BCUT2D eigenvalue weighted by molar-refractivity contribution is -0.255. The number of carbonyl (C=O) groups is 2. The van der Waals surface area contributed by atoms with E-state index in [0.717, 1.165) is 18.4 Å². The van der Waals surface area contributed by atoms with Crippen LogP contribution >= 0.6 is 0 Å². The molecule has 3 saturated carbocycles. The lowest BCUT2D eigenvalue weighted by Crippen LogP contribution is -2.63. The van der Waals surface area contributed by atoms with Crippen LogP contribution in [0.15, 0.2) is 46.9 Å². The Kier molecular flexibility index (Phi) is 5.82. The molecule has 1 aromatic heterocycles. The van der Waals surface area contributed by atoms with Crippen LogP contribution in [-0.2, 0) is 28.0 Å². The van der Waals surface area contributed by atoms with Gasteiger partial charge in [0.15, 0.2) is 17.2 Å². The van der Waals surface area contributed by atoms with Gasteiger partial charge in [0, 0.05) is 48.0 Å². The summed E-state index contributed by atoms with van der Waals surface area (Å²) in [5.74, 6) is -0.111. The Bertz CT molecular complexity index is 1320. The number of hydrogen-bond donors (Lipinski definition) is 2. The van der Waals surface area contributed by atoms with E-state index in [1.165, 1.54) is 4.57 Å². The van der Waals surface area contributed by atoms with E-state index in [0.29, 0.717) is 18.5 Å². The summed E-state index contributed by atoms with van der Waals surface area (Å²) in [7, 11) is 1.71. The fourth-order valence-electron chi connectivity index (χ4n) is 9.54. The van der Waals surface area contributed by atoms with Crippen LogP contribution in [0.4, 0.5) is 0 Å². The molecule has 6 rings (SSSR count). The number of hydrogen-bond acceptors (Lipinski definition) is 7. The summed E-state index contributed by atoms with van der Waals surface area (Å²) < 4.78 is 1.52. The molecule has 5 aliphatic rings. The van der Waals surface area contributed by atoms with Gasteiger partial charge in [0.25, 0.3) is 5.56 Å². The van der Waals surface area contributed by atoms with Crippen molar-refractivity contribution in [3.63, 3.8) is 0 Å². The standard InChI is InChI=1S/C30H38N2O6/c1-17-10-21-23-11-19-15-32(14-18-6-5-9-31(4)27(18)37)38-30(19,25(36)16-33)29(23,3)13-24(35)26(21)28(2)8-7-20(34)12-22(17)28/h5-9,12,17,19,21,23-24,26,33,35H,10-11,13-16H2,1-4H3/t17-,19-,21?,23?,24?,26?,28?,29?,30-/m0/s1. The first-order chi connectivity index (χ1) is 18.0. The summed E-state index contributed by atoms with van der Waals surface area (Å²) in [6.45, 7) is 6.47. The molecule has 0 bridgehead atoms. The Labute approximate surface area is 222 Å². The monoisotopic (exact) mass is 522 g/mol. The zero-order chi connectivity index (χ0) is 27.2. The van der Waals surface area contributed by atoms with E-state index in [1.54, 1.807) is 36.5 Å². The largest absolute Gasteiger partial charge is 0.393 e. The third-order valence-corrected chi connectivity index (χ3v) is 11.0. The number of aryl methyl sites for hydroxylation is 1. The Balaban J connectivity index is 1.37. The molecule has 2 N–H and O–H groups in total. The van der Waals surface area contributed by atoms with E-state index >= 15 is 0 Å². The van der Waals surface area contributed by atoms with Gasteiger partial charge in [-0.05, 0) is 55.2 Å². The van der Waals surface area contributed by atoms with Gasteiger partial charge in [-0.1, -0.05) is 38.5 Å². The molecule has 1 aliphatic heterocycles. The van der Waals surface area contributed by atoms with Crippen LogP contribution in [0.1, 0.15) is 45.6 Å². The maximum Gasteiger partial charge on any atom is 0.254 e. The van der Waals surface area contributed by atoms with Crippen molar-refractivity contribution < 1.29 is 24.6 Å². The second-order valence-electron chi connectivity index (χ2n) is 12.9. The van der Waals surface area contributed by atoms with E-state index in [4.69, 9.17) is 4.84 Å². The number of aromatic nitrogens is 1. The van der Waals surface area contributed by atoms with Gasteiger partial charge in [0.1, 0.15) is 6.61 Å². The number of Topliss-reactive ketones (excluding diaryl/α,β-unsaturated/α-hetero) is 1. The highest BCUT2D eigenvalue weighted by atomic mass is 16.7. The SMILES string of the molecule is C[C@H]1CC2C(C(O)CC3(C)C2C[C@H]2CN(Cc4cccn(C)c4=O)O[C@]23C(=O)CO)C2(C)C=CC(=O)C=C12. The second kappa shape index (κ2) is 8.55. The van der Waals surface area contributed by atoms with Crippen molar-refractivity contribution in [1.29, 1.82) is 0 Å². The normalized spacial score (nSPS) is 43.7. The van der Waals surface area contributed by atoms with Crippen molar-refractivity contribution in [2.24, 2.45) is 47.5 Å². The number of nitrogens with zero attached hydrogens (tertiary/aromatic N) is 2. The minimum Gasteiger partial charge on any atom is -0.393 e. The fraction of sp³-hybridized carbons (Fsp3) is 0.633. The lowest BCUT2D eigenvalue weighted by Gasteiger charge is -2.61. The Morgan fingerprint density at radius 1 is 1.24 bits per heavy atom. The first-order valence-electron chi connectivity index (χ1n) is 13.8. The number of ketones is 2. The van der Waals surface area contributed by atoms with Crippen molar-refractivity contribution in [3.05, 3.63) is 58.0 Å². The number of fused-ring (bicyclic) bond motifs is 7. The van der Waals surface area contributed by atoms with E-state index < -0.39 is 29.1 Å². The number of hydroxylamine groups is 2. The zero-order valence-corrected chi connectivity index (χ0v) is 22.6. The minimum atomic E-state index is -1.25.